The first-order valence-electron chi connectivity index (χ1n) is 6.03. The van der Waals surface area contributed by atoms with E-state index >= 15 is 0 Å². The fraction of sp³-hybridized carbons (Fsp3) is 0.500. The van der Waals surface area contributed by atoms with E-state index in [9.17, 15) is 4.79 Å². The number of ether oxygens (including phenoxy) is 1. The maximum atomic E-state index is 11.0. The van der Waals surface area contributed by atoms with Crippen LogP contribution < -0.4 is 4.74 Å². The Morgan fingerprint density at radius 3 is 2.59 bits per heavy atom. The van der Waals surface area contributed by atoms with Crippen molar-refractivity contribution in [3.05, 3.63) is 29.3 Å². The Hall–Kier alpha value is -1.51. The van der Waals surface area contributed by atoms with Crippen molar-refractivity contribution in [3.63, 3.8) is 0 Å². The second kappa shape index (κ2) is 6.28. The Balaban J connectivity index is 2.79. The van der Waals surface area contributed by atoms with Gasteiger partial charge in [-0.15, -0.1) is 0 Å². The highest BCUT2D eigenvalue weighted by Gasteiger charge is 2.15. The molecule has 0 aliphatic heterocycles. The lowest BCUT2D eigenvalue weighted by Crippen LogP contribution is -2.15. The van der Waals surface area contributed by atoms with Crippen LogP contribution in [0.3, 0.4) is 0 Å². The predicted octanol–water partition coefficient (Wildman–Crippen LogP) is 3.05. The summed E-state index contributed by atoms with van der Waals surface area (Å²) in [5, 5.41) is 9.02. The number of benzene rings is 1. The topological polar surface area (TPSA) is 46.5 Å². The largest absolute Gasteiger partial charge is 0.494 e. The summed E-state index contributed by atoms with van der Waals surface area (Å²) in [5.74, 6) is -0.147. The van der Waals surface area contributed by atoms with Crippen LogP contribution in [-0.4, -0.2) is 17.7 Å². The molecule has 1 aromatic rings. The van der Waals surface area contributed by atoms with Gasteiger partial charge in [0, 0.05) is 0 Å². The van der Waals surface area contributed by atoms with Crippen LogP contribution in [0.15, 0.2) is 18.2 Å². The average Bonchev–Trinajstić information content (AvgIpc) is 2.29. The minimum atomic E-state index is -0.723. The minimum Gasteiger partial charge on any atom is -0.494 e. The van der Waals surface area contributed by atoms with Crippen molar-refractivity contribution in [2.24, 2.45) is 5.92 Å². The second-order valence-corrected chi connectivity index (χ2v) is 4.18. The average molecular weight is 236 g/mol. The van der Waals surface area contributed by atoms with Gasteiger partial charge in [-0.25, -0.2) is 0 Å². The first-order chi connectivity index (χ1) is 8.08. The van der Waals surface area contributed by atoms with Gasteiger partial charge < -0.3 is 9.84 Å². The van der Waals surface area contributed by atoms with Gasteiger partial charge in [-0.2, -0.15) is 0 Å². The number of carboxylic acids is 1. The van der Waals surface area contributed by atoms with Crippen molar-refractivity contribution in [3.8, 4) is 5.75 Å². The van der Waals surface area contributed by atoms with Crippen molar-refractivity contribution in [2.75, 3.05) is 6.61 Å². The molecular weight excluding hydrogens is 216 g/mol. The molecule has 0 aromatic heterocycles. The Bertz CT molecular complexity index is 385. The molecule has 0 radical (unpaired) electrons. The number of aryl methyl sites for hydroxylation is 1. The highest BCUT2D eigenvalue weighted by Crippen LogP contribution is 2.21. The smallest absolute Gasteiger partial charge is 0.306 e. The Kier molecular flexibility index (Phi) is 5.01. The molecule has 94 valence electrons. The molecule has 0 amide bonds. The summed E-state index contributed by atoms with van der Waals surface area (Å²) in [6, 6.07) is 5.88. The van der Waals surface area contributed by atoms with Crippen LogP contribution in [0.1, 0.15) is 31.4 Å². The van der Waals surface area contributed by atoms with Gasteiger partial charge in [-0.3, -0.25) is 4.79 Å². The monoisotopic (exact) mass is 236 g/mol. The van der Waals surface area contributed by atoms with Crippen molar-refractivity contribution in [1.82, 2.24) is 0 Å². The summed E-state index contributed by atoms with van der Waals surface area (Å²) in [7, 11) is 0. The normalized spacial score (nSPS) is 12.2. The van der Waals surface area contributed by atoms with E-state index in [4.69, 9.17) is 9.84 Å². The lowest BCUT2D eigenvalue weighted by atomic mass is 9.96. The Morgan fingerprint density at radius 1 is 1.41 bits per heavy atom. The van der Waals surface area contributed by atoms with E-state index in [0.29, 0.717) is 19.4 Å². The van der Waals surface area contributed by atoms with Gasteiger partial charge in [0.25, 0.3) is 0 Å². The Morgan fingerprint density at radius 2 is 2.12 bits per heavy atom. The quantitative estimate of drug-likeness (QED) is 0.825. The van der Waals surface area contributed by atoms with Crippen LogP contribution in [0.5, 0.6) is 5.75 Å². The molecule has 1 N–H and O–H groups in total. The standard InChI is InChI=1S/C14H20O3/c1-4-12(14(15)16)9-11-6-7-13(17-5-2)10(3)8-11/h6-8,12H,4-5,9H2,1-3H3,(H,15,16). The van der Waals surface area contributed by atoms with Gasteiger partial charge in [0.15, 0.2) is 0 Å². The van der Waals surface area contributed by atoms with E-state index in [2.05, 4.69) is 0 Å². The van der Waals surface area contributed by atoms with Crippen molar-refractivity contribution in [1.29, 1.82) is 0 Å². The number of hydrogen-bond acceptors (Lipinski definition) is 2. The van der Waals surface area contributed by atoms with Gasteiger partial charge in [0.2, 0.25) is 0 Å². The number of carboxylic acid groups (broad SMARTS) is 1. The van der Waals surface area contributed by atoms with Crippen LogP contribution in [0.2, 0.25) is 0 Å². The number of hydrogen-bond donors (Lipinski definition) is 1. The summed E-state index contributed by atoms with van der Waals surface area (Å²) in [5.41, 5.74) is 2.12. The molecule has 1 atom stereocenters. The zero-order valence-corrected chi connectivity index (χ0v) is 10.7. The van der Waals surface area contributed by atoms with Crippen molar-refractivity contribution < 1.29 is 14.6 Å². The fourth-order valence-corrected chi connectivity index (χ4v) is 1.85. The molecule has 0 aliphatic carbocycles. The van der Waals surface area contributed by atoms with Crippen molar-refractivity contribution >= 4 is 5.97 Å². The molecule has 3 nitrogen and oxygen atoms in total. The second-order valence-electron chi connectivity index (χ2n) is 4.18. The molecule has 17 heavy (non-hydrogen) atoms. The van der Waals surface area contributed by atoms with Gasteiger partial charge in [0.1, 0.15) is 5.75 Å². The van der Waals surface area contributed by atoms with Gasteiger partial charge in [-0.1, -0.05) is 19.1 Å². The minimum absolute atomic E-state index is 0.299. The molecule has 1 unspecified atom stereocenters. The van der Waals surface area contributed by atoms with Crippen LogP contribution >= 0.6 is 0 Å². The van der Waals surface area contributed by atoms with E-state index in [1.807, 2.05) is 39.0 Å². The first-order valence-corrected chi connectivity index (χ1v) is 6.03. The summed E-state index contributed by atoms with van der Waals surface area (Å²) in [6.45, 7) is 6.48. The van der Waals surface area contributed by atoms with E-state index in [-0.39, 0.29) is 5.92 Å². The number of aliphatic carboxylic acids is 1. The molecule has 1 rings (SSSR count). The van der Waals surface area contributed by atoms with Gasteiger partial charge in [-0.05, 0) is 43.9 Å². The molecule has 1 aromatic carbocycles. The van der Waals surface area contributed by atoms with E-state index in [0.717, 1.165) is 16.9 Å². The van der Waals surface area contributed by atoms with Crippen LogP contribution in [0.4, 0.5) is 0 Å². The van der Waals surface area contributed by atoms with Crippen LogP contribution in [-0.2, 0) is 11.2 Å². The SMILES string of the molecule is CCOc1ccc(CC(CC)C(=O)O)cc1C. The summed E-state index contributed by atoms with van der Waals surface area (Å²) in [4.78, 5) is 11.0. The summed E-state index contributed by atoms with van der Waals surface area (Å²) >= 11 is 0. The van der Waals surface area contributed by atoms with E-state index in [1.165, 1.54) is 0 Å². The zero-order valence-electron chi connectivity index (χ0n) is 10.7. The summed E-state index contributed by atoms with van der Waals surface area (Å²) in [6.07, 6.45) is 1.24. The zero-order chi connectivity index (χ0) is 12.8. The van der Waals surface area contributed by atoms with Crippen LogP contribution in [0.25, 0.3) is 0 Å². The third-order valence-corrected chi connectivity index (χ3v) is 2.86. The van der Waals surface area contributed by atoms with Crippen molar-refractivity contribution in [2.45, 2.75) is 33.6 Å². The molecule has 0 spiro atoms. The molecule has 3 heteroatoms. The lowest BCUT2D eigenvalue weighted by molar-refractivity contribution is -0.141. The fourth-order valence-electron chi connectivity index (χ4n) is 1.85. The van der Waals surface area contributed by atoms with E-state index in [1.54, 1.807) is 0 Å². The molecule has 0 bridgehead atoms. The third-order valence-electron chi connectivity index (χ3n) is 2.86. The Labute approximate surface area is 102 Å². The predicted molar refractivity (Wildman–Crippen MR) is 67.5 cm³/mol. The number of rotatable bonds is 6. The molecule has 0 fully saturated rings. The molecule has 0 saturated heterocycles. The summed E-state index contributed by atoms with van der Waals surface area (Å²) < 4.78 is 5.45. The molecule has 0 saturated carbocycles. The van der Waals surface area contributed by atoms with Gasteiger partial charge in [0.05, 0.1) is 12.5 Å². The third kappa shape index (κ3) is 3.77. The highest BCUT2D eigenvalue weighted by atomic mass is 16.5. The maximum Gasteiger partial charge on any atom is 0.306 e. The first kappa shape index (κ1) is 13.6. The highest BCUT2D eigenvalue weighted by molar-refractivity contribution is 5.70. The molecule has 0 heterocycles. The number of carbonyl (C=O) groups is 1. The molecule has 0 aliphatic rings. The lowest BCUT2D eigenvalue weighted by Gasteiger charge is -2.12. The molecular formula is C14H20O3. The van der Waals surface area contributed by atoms with E-state index < -0.39 is 5.97 Å². The van der Waals surface area contributed by atoms with Crippen LogP contribution in [0, 0.1) is 12.8 Å². The maximum absolute atomic E-state index is 11.0. The van der Waals surface area contributed by atoms with Gasteiger partial charge >= 0.3 is 5.97 Å².